The number of nitrogens with zero attached hydrogens (tertiary/aromatic N) is 6. The molecule has 1 aliphatic heterocycles. The number of aromatic amines is 1. The largest absolute Gasteiger partial charge is 0.478 e. The number of anilines is 3. The van der Waals surface area contributed by atoms with E-state index in [2.05, 4.69) is 49.5 Å². The molecule has 200 valence electrons. The van der Waals surface area contributed by atoms with Crippen molar-refractivity contribution in [2.75, 3.05) is 44.4 Å². The first-order valence-corrected chi connectivity index (χ1v) is 12.8. The maximum absolute atomic E-state index is 13.2. The first kappa shape index (κ1) is 25.7. The predicted octanol–water partition coefficient (Wildman–Crippen LogP) is 3.38. The summed E-state index contributed by atoms with van der Waals surface area (Å²) in [5, 5.41) is 11.6. The summed E-state index contributed by atoms with van der Waals surface area (Å²) in [6.45, 7) is 8.85. The van der Waals surface area contributed by atoms with Gasteiger partial charge in [-0.25, -0.2) is 9.97 Å². The quantitative estimate of drug-likeness (QED) is 0.342. The molecule has 38 heavy (non-hydrogen) atoms. The first-order valence-electron chi connectivity index (χ1n) is 12.8. The number of methoxy groups -OCH3 is 1. The van der Waals surface area contributed by atoms with Gasteiger partial charge < -0.3 is 25.3 Å². The number of H-pyrrole nitrogens is 1. The summed E-state index contributed by atoms with van der Waals surface area (Å²) in [4.78, 5) is 30.4. The van der Waals surface area contributed by atoms with Gasteiger partial charge in [-0.1, -0.05) is 12.1 Å². The zero-order valence-electron chi connectivity index (χ0n) is 22.7. The van der Waals surface area contributed by atoms with Gasteiger partial charge in [-0.05, 0) is 39.4 Å². The van der Waals surface area contributed by atoms with Crippen LogP contribution < -0.4 is 15.4 Å². The van der Waals surface area contributed by atoms with E-state index in [4.69, 9.17) is 9.72 Å². The molecule has 11 heteroatoms. The minimum atomic E-state index is -0.224. The number of likely N-dealkylation sites (N-methyl/N-ethyl adjacent to an activating group) is 1. The number of fused-ring (bicyclic) bond motifs is 1. The summed E-state index contributed by atoms with van der Waals surface area (Å²) < 4.78 is 7.00. The van der Waals surface area contributed by atoms with Gasteiger partial charge in [0, 0.05) is 56.1 Å². The summed E-state index contributed by atoms with van der Waals surface area (Å²) >= 11 is 0. The lowest BCUT2D eigenvalue weighted by Crippen LogP contribution is -2.55. The van der Waals surface area contributed by atoms with Crippen molar-refractivity contribution < 1.29 is 9.53 Å². The minimum absolute atomic E-state index is 0.0134. The average molecular weight is 518 g/mol. The number of benzene rings is 1. The Kier molecular flexibility index (Phi) is 7.04. The van der Waals surface area contributed by atoms with Crippen molar-refractivity contribution in [2.45, 2.75) is 32.9 Å². The van der Waals surface area contributed by atoms with E-state index in [1.807, 2.05) is 51.5 Å². The van der Waals surface area contributed by atoms with Crippen LogP contribution in [0, 0.1) is 6.92 Å². The van der Waals surface area contributed by atoms with Crippen molar-refractivity contribution in [1.29, 1.82) is 0 Å². The number of piperazine rings is 1. The van der Waals surface area contributed by atoms with Crippen molar-refractivity contribution in [3.8, 4) is 17.1 Å². The number of aromatic nitrogens is 5. The number of para-hydroxylation sites is 1. The molecule has 1 aliphatic rings. The van der Waals surface area contributed by atoms with E-state index in [0.717, 1.165) is 53.0 Å². The monoisotopic (exact) mass is 517 g/mol. The summed E-state index contributed by atoms with van der Waals surface area (Å²) in [6.07, 6.45) is 5.53. The van der Waals surface area contributed by atoms with Crippen molar-refractivity contribution in [2.24, 2.45) is 7.05 Å². The fourth-order valence-electron chi connectivity index (χ4n) is 4.89. The number of carbonyl (C=O) groups excluding carboxylic acids is 1. The second-order valence-electron chi connectivity index (χ2n) is 10.00. The second-order valence-corrected chi connectivity index (χ2v) is 10.00. The summed E-state index contributed by atoms with van der Waals surface area (Å²) in [7, 11) is 5.53. The van der Waals surface area contributed by atoms with Gasteiger partial charge in [-0.15, -0.1) is 5.10 Å². The van der Waals surface area contributed by atoms with E-state index < -0.39 is 0 Å². The number of nitrogens with one attached hydrogen (secondary N) is 3. The molecule has 1 unspecified atom stereocenters. The van der Waals surface area contributed by atoms with E-state index in [9.17, 15) is 4.79 Å². The van der Waals surface area contributed by atoms with Gasteiger partial charge >= 0.3 is 0 Å². The molecule has 0 aliphatic carbocycles. The van der Waals surface area contributed by atoms with Crippen LogP contribution in [0.2, 0.25) is 0 Å². The molecule has 0 spiro atoms. The zero-order chi connectivity index (χ0) is 27.0. The van der Waals surface area contributed by atoms with Gasteiger partial charge in [-0.2, -0.15) is 0 Å². The molecule has 1 saturated heterocycles. The first-order chi connectivity index (χ1) is 18.2. The topological polar surface area (TPSA) is 116 Å². The Morgan fingerprint density at radius 1 is 1.24 bits per heavy atom. The lowest BCUT2D eigenvalue weighted by atomic mass is 10.1. The smallest absolute Gasteiger partial charge is 0.256 e. The van der Waals surface area contributed by atoms with E-state index in [1.165, 1.54) is 0 Å². The Labute approximate surface area is 222 Å². The highest BCUT2D eigenvalue weighted by Gasteiger charge is 2.28. The Hall–Kier alpha value is -3.96. The SMILES string of the molecule is COc1nn(C)cc1Nc1ncc(C)c(-c2c[nH]c3c(NC(=O)C(C)N4CCN(C)[C@H](C)C4)cccc23)n1. The van der Waals surface area contributed by atoms with Crippen molar-refractivity contribution in [3.05, 3.63) is 42.4 Å². The highest BCUT2D eigenvalue weighted by molar-refractivity contribution is 6.06. The maximum atomic E-state index is 13.2. The van der Waals surface area contributed by atoms with E-state index in [-0.39, 0.29) is 11.9 Å². The third-order valence-electron chi connectivity index (χ3n) is 7.35. The fourth-order valence-corrected chi connectivity index (χ4v) is 4.89. The summed E-state index contributed by atoms with van der Waals surface area (Å²) in [6, 6.07) is 6.10. The van der Waals surface area contributed by atoms with Crippen LogP contribution >= 0.6 is 0 Å². The molecule has 5 rings (SSSR count). The van der Waals surface area contributed by atoms with Gasteiger partial charge in [0.15, 0.2) is 0 Å². The molecule has 1 fully saturated rings. The number of hydrogen-bond acceptors (Lipinski definition) is 8. The fraction of sp³-hybridized carbons (Fsp3) is 0.407. The molecule has 4 aromatic rings. The standard InChI is InChI=1S/C27H35N9O2/c1-16-12-29-27(31-22-15-35(5)33-26(22)38-6)32-23(16)20-13-28-24-19(20)8-7-9-21(24)30-25(37)18(3)36-11-10-34(4)17(2)14-36/h7-9,12-13,15,17-18,28H,10-11,14H2,1-6H3,(H,30,37)(H,29,31,32)/t17-,18?/m1/s1. The van der Waals surface area contributed by atoms with Crippen molar-refractivity contribution in [3.63, 3.8) is 0 Å². The number of hydrogen-bond donors (Lipinski definition) is 3. The van der Waals surface area contributed by atoms with Crippen LogP contribution in [0.25, 0.3) is 22.2 Å². The molecular formula is C27H35N9O2. The maximum Gasteiger partial charge on any atom is 0.256 e. The lowest BCUT2D eigenvalue weighted by molar-refractivity contribution is -0.121. The number of amides is 1. The Bertz CT molecular complexity index is 1460. The number of carbonyl (C=O) groups is 1. The number of rotatable bonds is 7. The van der Waals surface area contributed by atoms with Gasteiger partial charge in [0.2, 0.25) is 11.9 Å². The Morgan fingerprint density at radius 2 is 2.05 bits per heavy atom. The van der Waals surface area contributed by atoms with Gasteiger partial charge in [0.05, 0.1) is 36.2 Å². The normalized spacial score (nSPS) is 17.5. The second kappa shape index (κ2) is 10.4. The van der Waals surface area contributed by atoms with Gasteiger partial charge in [0.25, 0.3) is 5.88 Å². The van der Waals surface area contributed by atoms with Crippen LogP contribution in [0.15, 0.2) is 36.8 Å². The molecule has 1 aromatic carbocycles. The molecule has 4 heterocycles. The Balaban J connectivity index is 1.40. The van der Waals surface area contributed by atoms with Crippen LogP contribution in [-0.4, -0.2) is 86.3 Å². The lowest BCUT2D eigenvalue weighted by Gasteiger charge is -2.40. The van der Waals surface area contributed by atoms with Gasteiger partial charge in [-0.3, -0.25) is 14.4 Å². The molecule has 3 aromatic heterocycles. The highest BCUT2D eigenvalue weighted by atomic mass is 16.5. The number of aryl methyl sites for hydroxylation is 2. The van der Waals surface area contributed by atoms with E-state index in [1.54, 1.807) is 18.0 Å². The van der Waals surface area contributed by atoms with Crippen molar-refractivity contribution >= 4 is 34.1 Å². The molecule has 0 radical (unpaired) electrons. The Morgan fingerprint density at radius 3 is 2.82 bits per heavy atom. The van der Waals surface area contributed by atoms with E-state index >= 15 is 0 Å². The summed E-state index contributed by atoms with van der Waals surface area (Å²) in [5.74, 6) is 0.887. The predicted molar refractivity (Wildman–Crippen MR) is 149 cm³/mol. The van der Waals surface area contributed by atoms with Gasteiger partial charge in [0.1, 0.15) is 5.69 Å². The molecule has 1 amide bonds. The molecule has 3 N–H and O–H groups in total. The number of ether oxygens (including phenoxy) is 1. The third-order valence-corrected chi connectivity index (χ3v) is 7.35. The van der Waals surface area contributed by atoms with Crippen molar-refractivity contribution in [1.82, 2.24) is 34.5 Å². The van der Waals surface area contributed by atoms with Crippen LogP contribution in [0.5, 0.6) is 5.88 Å². The molecule has 2 atom stereocenters. The average Bonchev–Trinajstić information content (AvgIpc) is 3.49. The molecule has 11 nitrogen and oxygen atoms in total. The third kappa shape index (κ3) is 4.94. The van der Waals surface area contributed by atoms with E-state index in [0.29, 0.717) is 23.6 Å². The van der Waals surface area contributed by atoms with Crippen LogP contribution in [-0.2, 0) is 11.8 Å². The molecule has 0 saturated carbocycles. The molecule has 0 bridgehead atoms. The van der Waals surface area contributed by atoms with Crippen LogP contribution in [0.1, 0.15) is 19.4 Å². The van der Waals surface area contributed by atoms with Crippen LogP contribution in [0.4, 0.5) is 17.3 Å². The summed E-state index contributed by atoms with van der Waals surface area (Å²) in [5.41, 5.74) is 4.94. The zero-order valence-corrected chi connectivity index (χ0v) is 22.7. The minimum Gasteiger partial charge on any atom is -0.478 e. The van der Waals surface area contributed by atoms with Crippen LogP contribution in [0.3, 0.4) is 0 Å². The molecular weight excluding hydrogens is 482 g/mol. The highest BCUT2D eigenvalue weighted by Crippen LogP contribution is 2.34.